The van der Waals surface area contributed by atoms with E-state index in [0.29, 0.717) is 0 Å². The zero-order valence-corrected chi connectivity index (χ0v) is 12.7. The SMILES string of the molecule is CCCCS/C(=C/C1CCCCC1)CCCC. The molecule has 0 unspecified atom stereocenters. The minimum absolute atomic E-state index is 0.907. The normalized spacial score (nSPS) is 18.6. The van der Waals surface area contributed by atoms with Crippen molar-refractivity contribution in [3.63, 3.8) is 0 Å². The first-order chi connectivity index (χ1) is 8.36. The summed E-state index contributed by atoms with van der Waals surface area (Å²) in [6.45, 7) is 4.59. The standard InChI is InChI=1S/C16H30S/c1-3-5-12-16(17-13-6-4-2)14-15-10-8-7-9-11-15/h14-15H,3-13H2,1-2H3/b16-14+. The second-order valence-electron chi connectivity index (χ2n) is 5.34. The zero-order valence-electron chi connectivity index (χ0n) is 11.8. The Hall–Kier alpha value is 0.0900. The van der Waals surface area contributed by atoms with Crippen molar-refractivity contribution in [3.8, 4) is 0 Å². The second-order valence-corrected chi connectivity index (χ2v) is 6.56. The van der Waals surface area contributed by atoms with E-state index in [4.69, 9.17) is 0 Å². The average molecular weight is 254 g/mol. The highest BCUT2D eigenvalue weighted by Crippen LogP contribution is 2.30. The van der Waals surface area contributed by atoms with Crippen molar-refractivity contribution in [1.29, 1.82) is 0 Å². The Morgan fingerprint density at radius 2 is 1.76 bits per heavy atom. The van der Waals surface area contributed by atoms with Crippen molar-refractivity contribution in [2.75, 3.05) is 5.75 Å². The van der Waals surface area contributed by atoms with E-state index in [-0.39, 0.29) is 0 Å². The highest BCUT2D eigenvalue weighted by atomic mass is 32.2. The molecule has 0 aromatic rings. The van der Waals surface area contributed by atoms with E-state index in [1.165, 1.54) is 70.0 Å². The van der Waals surface area contributed by atoms with Gasteiger partial charge in [-0.25, -0.2) is 0 Å². The van der Waals surface area contributed by atoms with Gasteiger partial charge in [0, 0.05) is 0 Å². The topological polar surface area (TPSA) is 0 Å². The molecule has 0 aliphatic heterocycles. The van der Waals surface area contributed by atoms with E-state index in [1.807, 2.05) is 0 Å². The number of thioether (sulfide) groups is 1. The first-order valence-corrected chi connectivity index (χ1v) is 8.68. The van der Waals surface area contributed by atoms with Gasteiger partial charge in [-0.3, -0.25) is 0 Å². The van der Waals surface area contributed by atoms with Crippen LogP contribution in [0.3, 0.4) is 0 Å². The Bertz CT molecular complexity index is 202. The molecule has 0 aromatic carbocycles. The third-order valence-electron chi connectivity index (χ3n) is 3.63. The van der Waals surface area contributed by atoms with Gasteiger partial charge in [-0.2, -0.15) is 0 Å². The van der Waals surface area contributed by atoms with Gasteiger partial charge in [-0.15, -0.1) is 11.8 Å². The van der Waals surface area contributed by atoms with Gasteiger partial charge >= 0.3 is 0 Å². The summed E-state index contributed by atoms with van der Waals surface area (Å²) in [4.78, 5) is 1.70. The average Bonchev–Trinajstić information content (AvgIpc) is 2.37. The molecule has 0 atom stereocenters. The van der Waals surface area contributed by atoms with E-state index in [2.05, 4.69) is 31.7 Å². The van der Waals surface area contributed by atoms with Crippen LogP contribution in [0.1, 0.15) is 78.1 Å². The maximum Gasteiger partial charge on any atom is -0.00235 e. The van der Waals surface area contributed by atoms with Gasteiger partial charge in [-0.05, 0) is 48.7 Å². The molecule has 17 heavy (non-hydrogen) atoms. The second kappa shape index (κ2) is 10.1. The quantitative estimate of drug-likeness (QED) is 0.466. The van der Waals surface area contributed by atoms with Gasteiger partial charge in [0.05, 0.1) is 0 Å². The van der Waals surface area contributed by atoms with Crippen LogP contribution in [0.2, 0.25) is 0 Å². The zero-order chi connectivity index (χ0) is 12.3. The van der Waals surface area contributed by atoms with Crippen LogP contribution < -0.4 is 0 Å². The molecule has 0 bridgehead atoms. The third kappa shape index (κ3) is 7.18. The van der Waals surface area contributed by atoms with E-state index in [1.54, 1.807) is 4.91 Å². The molecule has 0 saturated heterocycles. The summed E-state index contributed by atoms with van der Waals surface area (Å²) < 4.78 is 0. The van der Waals surface area contributed by atoms with Gasteiger partial charge in [0.15, 0.2) is 0 Å². The van der Waals surface area contributed by atoms with Crippen LogP contribution in [0.25, 0.3) is 0 Å². The fourth-order valence-electron chi connectivity index (χ4n) is 2.47. The predicted octanol–water partition coefficient (Wildman–Crippen LogP) is 6.17. The lowest BCUT2D eigenvalue weighted by Crippen LogP contribution is -2.03. The van der Waals surface area contributed by atoms with Crippen molar-refractivity contribution < 1.29 is 0 Å². The fourth-order valence-corrected chi connectivity index (χ4v) is 3.74. The molecule has 0 aromatic heterocycles. The first-order valence-electron chi connectivity index (χ1n) is 7.70. The molecular weight excluding hydrogens is 224 g/mol. The number of hydrogen-bond acceptors (Lipinski definition) is 1. The molecule has 1 saturated carbocycles. The Kier molecular flexibility index (Phi) is 8.96. The molecule has 0 spiro atoms. The summed E-state index contributed by atoms with van der Waals surface area (Å²) in [7, 11) is 0. The molecule has 1 aliphatic rings. The molecule has 1 heteroatoms. The summed E-state index contributed by atoms with van der Waals surface area (Å²) in [5, 5.41) is 0. The van der Waals surface area contributed by atoms with Gasteiger partial charge in [-0.1, -0.05) is 52.0 Å². The van der Waals surface area contributed by atoms with Crippen LogP contribution in [0.15, 0.2) is 11.0 Å². The predicted molar refractivity (Wildman–Crippen MR) is 81.5 cm³/mol. The van der Waals surface area contributed by atoms with Gasteiger partial charge in [0.2, 0.25) is 0 Å². The Morgan fingerprint density at radius 1 is 1.06 bits per heavy atom. The molecule has 0 amide bonds. The summed E-state index contributed by atoms with van der Waals surface area (Å²) in [5.41, 5.74) is 0. The van der Waals surface area contributed by atoms with E-state index in [0.717, 1.165) is 5.92 Å². The lowest BCUT2D eigenvalue weighted by molar-refractivity contribution is 0.418. The highest BCUT2D eigenvalue weighted by molar-refractivity contribution is 8.03. The minimum Gasteiger partial charge on any atom is -0.131 e. The summed E-state index contributed by atoms with van der Waals surface area (Å²) in [6, 6.07) is 0. The van der Waals surface area contributed by atoms with E-state index in [9.17, 15) is 0 Å². The Balaban J connectivity index is 2.38. The third-order valence-corrected chi connectivity index (χ3v) is 4.84. The molecule has 0 nitrogen and oxygen atoms in total. The summed E-state index contributed by atoms with van der Waals surface area (Å²) >= 11 is 2.14. The molecule has 0 heterocycles. The lowest BCUT2D eigenvalue weighted by Gasteiger charge is -2.19. The Labute approximate surface area is 113 Å². The molecular formula is C16H30S. The van der Waals surface area contributed by atoms with Gasteiger partial charge in [0.25, 0.3) is 0 Å². The van der Waals surface area contributed by atoms with Crippen molar-refractivity contribution in [3.05, 3.63) is 11.0 Å². The van der Waals surface area contributed by atoms with Crippen LogP contribution in [0.5, 0.6) is 0 Å². The molecule has 0 radical (unpaired) electrons. The maximum atomic E-state index is 2.63. The molecule has 0 N–H and O–H groups in total. The number of unbranched alkanes of at least 4 members (excludes halogenated alkanes) is 2. The number of rotatable bonds is 8. The van der Waals surface area contributed by atoms with Crippen LogP contribution in [-0.4, -0.2) is 5.75 Å². The van der Waals surface area contributed by atoms with E-state index < -0.39 is 0 Å². The maximum absolute atomic E-state index is 2.63. The number of allylic oxidation sites excluding steroid dienone is 2. The fraction of sp³-hybridized carbons (Fsp3) is 0.875. The van der Waals surface area contributed by atoms with Crippen LogP contribution >= 0.6 is 11.8 Å². The van der Waals surface area contributed by atoms with Crippen LogP contribution in [0, 0.1) is 5.92 Å². The number of hydrogen-bond donors (Lipinski definition) is 0. The Morgan fingerprint density at radius 3 is 2.41 bits per heavy atom. The molecule has 1 aliphatic carbocycles. The van der Waals surface area contributed by atoms with Crippen molar-refractivity contribution in [2.24, 2.45) is 5.92 Å². The first kappa shape index (κ1) is 15.1. The summed E-state index contributed by atoms with van der Waals surface area (Å²) in [6.07, 6.45) is 16.7. The van der Waals surface area contributed by atoms with Gasteiger partial charge < -0.3 is 0 Å². The van der Waals surface area contributed by atoms with Gasteiger partial charge in [0.1, 0.15) is 0 Å². The lowest BCUT2D eigenvalue weighted by atomic mass is 9.89. The molecule has 1 fully saturated rings. The minimum atomic E-state index is 0.907. The van der Waals surface area contributed by atoms with Crippen molar-refractivity contribution in [2.45, 2.75) is 78.1 Å². The molecule has 100 valence electrons. The van der Waals surface area contributed by atoms with E-state index >= 15 is 0 Å². The summed E-state index contributed by atoms with van der Waals surface area (Å²) in [5.74, 6) is 2.24. The highest BCUT2D eigenvalue weighted by Gasteiger charge is 2.12. The monoisotopic (exact) mass is 254 g/mol. The largest absolute Gasteiger partial charge is 0.131 e. The van der Waals surface area contributed by atoms with Crippen LogP contribution in [-0.2, 0) is 0 Å². The van der Waals surface area contributed by atoms with Crippen molar-refractivity contribution >= 4 is 11.8 Å². The van der Waals surface area contributed by atoms with Crippen LogP contribution in [0.4, 0.5) is 0 Å². The van der Waals surface area contributed by atoms with Crippen molar-refractivity contribution in [1.82, 2.24) is 0 Å². The smallest absolute Gasteiger partial charge is 0.00235 e. The molecule has 1 rings (SSSR count).